The fourth-order valence-corrected chi connectivity index (χ4v) is 2.46. The summed E-state index contributed by atoms with van der Waals surface area (Å²) in [5, 5.41) is 9.01. The summed E-state index contributed by atoms with van der Waals surface area (Å²) in [6.45, 7) is 5.43. The van der Waals surface area contributed by atoms with Crippen molar-refractivity contribution in [2.75, 3.05) is 13.2 Å². The van der Waals surface area contributed by atoms with Gasteiger partial charge >= 0.3 is 5.97 Å². The number of carbonyl (C=O) groups is 1. The molecule has 2 heterocycles. The van der Waals surface area contributed by atoms with Crippen LogP contribution in [-0.2, 0) is 28.8 Å². The fraction of sp³-hybridized carbons (Fsp3) is 0.643. The Kier molecular flexibility index (Phi) is 4.47. The monoisotopic (exact) mass is 264 g/mol. The molecule has 0 bridgehead atoms. The van der Waals surface area contributed by atoms with E-state index in [2.05, 4.69) is 9.97 Å². The molecule has 1 atom stereocenters. The van der Waals surface area contributed by atoms with Crippen LogP contribution in [-0.4, -0.2) is 34.3 Å². The quantitative estimate of drug-likeness (QED) is 0.877. The molecule has 1 aromatic heterocycles. The third-order valence-electron chi connectivity index (χ3n) is 3.49. The Morgan fingerprint density at radius 2 is 1.95 bits per heavy atom. The maximum absolute atomic E-state index is 11.0. The SMILES string of the molecule is CCc1nc(C2CCOC2)nc(CC)c1CC(=O)O. The van der Waals surface area contributed by atoms with E-state index in [1.54, 1.807) is 0 Å². The smallest absolute Gasteiger partial charge is 0.307 e. The number of aromatic nitrogens is 2. The highest BCUT2D eigenvalue weighted by molar-refractivity contribution is 5.71. The van der Waals surface area contributed by atoms with Crippen molar-refractivity contribution < 1.29 is 14.6 Å². The number of hydrogen-bond donors (Lipinski definition) is 1. The van der Waals surface area contributed by atoms with Gasteiger partial charge in [-0.1, -0.05) is 13.8 Å². The first-order valence-corrected chi connectivity index (χ1v) is 6.83. The molecule has 1 aromatic rings. The van der Waals surface area contributed by atoms with Gasteiger partial charge in [0.2, 0.25) is 0 Å². The van der Waals surface area contributed by atoms with Gasteiger partial charge in [0.25, 0.3) is 0 Å². The lowest BCUT2D eigenvalue weighted by atomic mass is 10.0. The number of carboxylic acid groups (broad SMARTS) is 1. The first kappa shape index (κ1) is 13.9. The van der Waals surface area contributed by atoms with Gasteiger partial charge < -0.3 is 9.84 Å². The van der Waals surface area contributed by atoms with Crippen LogP contribution in [0.5, 0.6) is 0 Å². The molecule has 0 saturated carbocycles. The summed E-state index contributed by atoms with van der Waals surface area (Å²) in [5.41, 5.74) is 2.53. The summed E-state index contributed by atoms with van der Waals surface area (Å²) in [5.74, 6) is 0.250. The van der Waals surface area contributed by atoms with E-state index < -0.39 is 5.97 Å². The molecule has 1 fully saturated rings. The Labute approximate surface area is 113 Å². The molecule has 5 heteroatoms. The summed E-state index contributed by atoms with van der Waals surface area (Å²) >= 11 is 0. The lowest BCUT2D eigenvalue weighted by molar-refractivity contribution is -0.136. The summed E-state index contributed by atoms with van der Waals surface area (Å²) in [4.78, 5) is 20.1. The topological polar surface area (TPSA) is 72.3 Å². The second kappa shape index (κ2) is 6.10. The van der Waals surface area contributed by atoms with Gasteiger partial charge in [-0.2, -0.15) is 0 Å². The van der Waals surface area contributed by atoms with E-state index in [-0.39, 0.29) is 12.3 Å². The normalized spacial score (nSPS) is 18.7. The molecular formula is C14H20N2O3. The fourth-order valence-electron chi connectivity index (χ4n) is 2.46. The van der Waals surface area contributed by atoms with Gasteiger partial charge in [0.15, 0.2) is 0 Å². The highest BCUT2D eigenvalue weighted by Gasteiger charge is 2.23. The van der Waals surface area contributed by atoms with E-state index in [0.717, 1.165) is 48.6 Å². The molecule has 0 amide bonds. The van der Waals surface area contributed by atoms with Gasteiger partial charge in [-0.05, 0) is 19.3 Å². The van der Waals surface area contributed by atoms with E-state index in [0.29, 0.717) is 6.61 Å². The van der Waals surface area contributed by atoms with Crippen LogP contribution in [0.1, 0.15) is 49.0 Å². The first-order valence-electron chi connectivity index (χ1n) is 6.83. The van der Waals surface area contributed by atoms with Crippen LogP contribution in [0, 0.1) is 0 Å². The molecule has 0 radical (unpaired) electrons. The minimum Gasteiger partial charge on any atom is -0.481 e. The van der Waals surface area contributed by atoms with E-state index in [1.165, 1.54) is 0 Å². The Balaban J connectivity index is 2.40. The molecule has 1 aliphatic heterocycles. The molecule has 0 aliphatic carbocycles. The predicted molar refractivity (Wildman–Crippen MR) is 70.3 cm³/mol. The molecule has 0 aromatic carbocycles. The number of carboxylic acids is 1. The third kappa shape index (κ3) is 3.10. The molecule has 2 rings (SSSR count). The van der Waals surface area contributed by atoms with Crippen LogP contribution >= 0.6 is 0 Å². The van der Waals surface area contributed by atoms with E-state index in [9.17, 15) is 4.79 Å². The average Bonchev–Trinajstić information content (AvgIpc) is 2.92. The number of nitrogens with zero attached hydrogens (tertiary/aromatic N) is 2. The molecule has 19 heavy (non-hydrogen) atoms. The average molecular weight is 264 g/mol. The van der Waals surface area contributed by atoms with Crippen molar-refractivity contribution in [1.29, 1.82) is 0 Å². The Morgan fingerprint density at radius 1 is 1.32 bits per heavy atom. The lowest BCUT2D eigenvalue weighted by Gasteiger charge is -2.14. The van der Waals surface area contributed by atoms with Crippen molar-refractivity contribution in [2.45, 2.75) is 45.4 Å². The van der Waals surface area contributed by atoms with Crippen molar-refractivity contribution in [3.05, 3.63) is 22.8 Å². The molecule has 1 saturated heterocycles. The van der Waals surface area contributed by atoms with E-state index in [4.69, 9.17) is 9.84 Å². The van der Waals surface area contributed by atoms with Crippen molar-refractivity contribution >= 4 is 5.97 Å². The van der Waals surface area contributed by atoms with Crippen LogP contribution in [0.25, 0.3) is 0 Å². The van der Waals surface area contributed by atoms with Gasteiger partial charge in [-0.15, -0.1) is 0 Å². The maximum Gasteiger partial charge on any atom is 0.307 e. The van der Waals surface area contributed by atoms with Crippen LogP contribution in [0.15, 0.2) is 0 Å². The molecule has 1 aliphatic rings. The van der Waals surface area contributed by atoms with Crippen LogP contribution in [0.4, 0.5) is 0 Å². The lowest BCUT2D eigenvalue weighted by Crippen LogP contribution is -2.15. The molecule has 5 nitrogen and oxygen atoms in total. The summed E-state index contributed by atoms with van der Waals surface area (Å²) in [7, 11) is 0. The molecule has 1 N–H and O–H groups in total. The second-order valence-electron chi connectivity index (χ2n) is 4.79. The zero-order valence-electron chi connectivity index (χ0n) is 11.5. The number of ether oxygens (including phenoxy) is 1. The Morgan fingerprint density at radius 3 is 2.37 bits per heavy atom. The zero-order valence-corrected chi connectivity index (χ0v) is 11.5. The van der Waals surface area contributed by atoms with Gasteiger partial charge in [0.05, 0.1) is 13.0 Å². The standard InChI is InChI=1S/C14H20N2O3/c1-3-11-10(7-13(17)18)12(4-2)16-14(15-11)9-5-6-19-8-9/h9H,3-8H2,1-2H3,(H,17,18). The molecule has 0 spiro atoms. The van der Waals surface area contributed by atoms with Crippen LogP contribution in [0.3, 0.4) is 0 Å². The van der Waals surface area contributed by atoms with Gasteiger partial charge in [-0.3, -0.25) is 4.79 Å². The number of aryl methyl sites for hydroxylation is 2. The van der Waals surface area contributed by atoms with Gasteiger partial charge in [-0.25, -0.2) is 9.97 Å². The summed E-state index contributed by atoms with van der Waals surface area (Å²) in [6.07, 6.45) is 2.43. The molecular weight excluding hydrogens is 244 g/mol. The maximum atomic E-state index is 11.0. The highest BCUT2D eigenvalue weighted by atomic mass is 16.5. The zero-order chi connectivity index (χ0) is 13.8. The number of rotatable bonds is 5. The van der Waals surface area contributed by atoms with Crippen LogP contribution < -0.4 is 0 Å². The molecule has 1 unspecified atom stereocenters. The minimum atomic E-state index is -0.829. The first-order chi connectivity index (χ1) is 9.15. The Hall–Kier alpha value is -1.49. The van der Waals surface area contributed by atoms with E-state index >= 15 is 0 Å². The van der Waals surface area contributed by atoms with Gasteiger partial charge in [0.1, 0.15) is 5.82 Å². The third-order valence-corrected chi connectivity index (χ3v) is 3.49. The van der Waals surface area contributed by atoms with Crippen LogP contribution in [0.2, 0.25) is 0 Å². The summed E-state index contributed by atoms with van der Waals surface area (Å²) in [6, 6.07) is 0. The van der Waals surface area contributed by atoms with Crippen molar-refractivity contribution in [1.82, 2.24) is 9.97 Å². The number of hydrogen-bond acceptors (Lipinski definition) is 4. The highest BCUT2D eigenvalue weighted by Crippen LogP contribution is 2.25. The molecule has 104 valence electrons. The Bertz CT molecular complexity index is 443. The van der Waals surface area contributed by atoms with Crippen molar-refractivity contribution in [2.24, 2.45) is 0 Å². The minimum absolute atomic E-state index is 0.00773. The largest absolute Gasteiger partial charge is 0.481 e. The predicted octanol–water partition coefficient (Wildman–Crippen LogP) is 1.73. The van der Waals surface area contributed by atoms with Crippen molar-refractivity contribution in [3.63, 3.8) is 0 Å². The number of aliphatic carboxylic acids is 1. The van der Waals surface area contributed by atoms with Gasteiger partial charge in [0, 0.05) is 29.5 Å². The second-order valence-corrected chi connectivity index (χ2v) is 4.79. The summed E-state index contributed by atoms with van der Waals surface area (Å²) < 4.78 is 5.38. The van der Waals surface area contributed by atoms with E-state index in [1.807, 2.05) is 13.8 Å². The van der Waals surface area contributed by atoms with Crippen molar-refractivity contribution in [3.8, 4) is 0 Å².